The first kappa shape index (κ1) is 21.1. The predicted octanol–water partition coefficient (Wildman–Crippen LogP) is 2.80. The van der Waals surface area contributed by atoms with E-state index in [9.17, 15) is 4.79 Å². The lowest BCUT2D eigenvalue weighted by Crippen LogP contribution is -2.50. The number of rotatable bonds is 5. The number of aryl methyl sites for hydroxylation is 2. The second-order valence-corrected chi connectivity index (χ2v) is 9.01. The number of fused-ring (bicyclic) bond motifs is 1. The lowest BCUT2D eigenvalue weighted by molar-refractivity contribution is 0.0628. The van der Waals surface area contributed by atoms with Crippen LogP contribution in [0.25, 0.3) is 22.3 Å². The maximum atomic E-state index is 13.7. The highest BCUT2D eigenvalue weighted by Gasteiger charge is 2.26. The molecule has 2 saturated heterocycles. The topological polar surface area (TPSA) is 57.5 Å². The molecule has 0 unspecified atom stereocenters. The molecule has 0 saturated carbocycles. The molecule has 7 nitrogen and oxygen atoms in total. The molecule has 0 N–H and O–H groups in total. The zero-order chi connectivity index (χ0) is 22.1. The molecule has 2 aliphatic heterocycles. The van der Waals surface area contributed by atoms with E-state index in [1.807, 2.05) is 55.3 Å². The summed E-state index contributed by atoms with van der Waals surface area (Å²) in [7, 11) is 1.89. The van der Waals surface area contributed by atoms with E-state index < -0.39 is 0 Å². The van der Waals surface area contributed by atoms with Gasteiger partial charge in [0.15, 0.2) is 5.65 Å². The van der Waals surface area contributed by atoms with Gasteiger partial charge in [-0.05, 0) is 38.9 Å². The van der Waals surface area contributed by atoms with Gasteiger partial charge in [-0.2, -0.15) is 5.10 Å². The van der Waals surface area contributed by atoms with Gasteiger partial charge in [-0.3, -0.25) is 14.4 Å². The molecule has 0 spiro atoms. The Morgan fingerprint density at radius 2 is 1.59 bits per heavy atom. The molecule has 0 aliphatic carbocycles. The zero-order valence-corrected chi connectivity index (χ0v) is 19.1. The Hall–Kier alpha value is -2.77. The van der Waals surface area contributed by atoms with Crippen molar-refractivity contribution in [2.75, 3.05) is 52.4 Å². The highest BCUT2D eigenvalue weighted by Crippen LogP contribution is 2.28. The number of hydrogen-bond donors (Lipinski definition) is 0. The number of carbonyl (C=O) groups excluding carboxylic acids is 1. The maximum absolute atomic E-state index is 13.7. The van der Waals surface area contributed by atoms with Gasteiger partial charge in [-0.15, -0.1) is 0 Å². The van der Waals surface area contributed by atoms with Crippen LogP contribution in [0.3, 0.4) is 0 Å². The van der Waals surface area contributed by atoms with Gasteiger partial charge in [0.1, 0.15) is 0 Å². The summed E-state index contributed by atoms with van der Waals surface area (Å²) < 4.78 is 1.78. The van der Waals surface area contributed by atoms with Crippen LogP contribution in [0, 0.1) is 6.92 Å². The van der Waals surface area contributed by atoms with Crippen LogP contribution in [0.5, 0.6) is 0 Å². The van der Waals surface area contributed by atoms with Crippen molar-refractivity contribution in [2.24, 2.45) is 7.05 Å². The van der Waals surface area contributed by atoms with Crippen LogP contribution in [0.4, 0.5) is 0 Å². The molecule has 168 valence electrons. The van der Waals surface area contributed by atoms with Gasteiger partial charge in [-0.25, -0.2) is 4.98 Å². The standard InChI is InChI=1S/C25H32N6O/c1-19-23-21(18-22(20-8-4-3-5-9-20)26-24(23)28(2)27-19)25(32)31-16-14-30(15-17-31)13-12-29-10-6-7-11-29/h3-5,8-9,18H,6-7,10-17H2,1-2H3. The largest absolute Gasteiger partial charge is 0.336 e. The SMILES string of the molecule is Cc1nn(C)c2nc(-c3ccccc3)cc(C(=O)N3CCN(CCN4CCCC4)CC3)c12. The highest BCUT2D eigenvalue weighted by atomic mass is 16.2. The first-order chi connectivity index (χ1) is 15.6. The average molecular weight is 433 g/mol. The Labute approximate surface area is 189 Å². The van der Waals surface area contributed by atoms with Crippen molar-refractivity contribution >= 4 is 16.9 Å². The molecule has 2 aromatic heterocycles. The quantitative estimate of drug-likeness (QED) is 0.621. The molecule has 0 radical (unpaired) electrons. The minimum atomic E-state index is 0.0878. The van der Waals surface area contributed by atoms with Gasteiger partial charge in [0.25, 0.3) is 5.91 Å². The smallest absolute Gasteiger partial charge is 0.254 e. The monoisotopic (exact) mass is 432 g/mol. The molecule has 5 rings (SSSR count). The summed E-state index contributed by atoms with van der Waals surface area (Å²) in [6.45, 7) is 10.1. The van der Waals surface area contributed by atoms with Crippen LogP contribution < -0.4 is 0 Å². The Kier molecular flexibility index (Phi) is 5.93. The fourth-order valence-corrected chi connectivity index (χ4v) is 5.00. The number of likely N-dealkylation sites (tertiary alicyclic amines) is 1. The minimum Gasteiger partial charge on any atom is -0.336 e. The van der Waals surface area contributed by atoms with E-state index in [2.05, 4.69) is 14.9 Å². The van der Waals surface area contributed by atoms with Crippen molar-refractivity contribution < 1.29 is 4.79 Å². The number of amides is 1. The zero-order valence-electron chi connectivity index (χ0n) is 19.1. The summed E-state index contributed by atoms with van der Waals surface area (Å²) in [5, 5.41) is 5.43. The summed E-state index contributed by atoms with van der Waals surface area (Å²) in [6, 6.07) is 12.0. The van der Waals surface area contributed by atoms with Crippen molar-refractivity contribution in [3.05, 3.63) is 47.7 Å². The van der Waals surface area contributed by atoms with Crippen LogP contribution in [-0.4, -0.2) is 87.7 Å². The van der Waals surface area contributed by atoms with Crippen LogP contribution in [-0.2, 0) is 7.05 Å². The van der Waals surface area contributed by atoms with Crippen LogP contribution in [0.15, 0.2) is 36.4 Å². The van der Waals surface area contributed by atoms with E-state index in [1.165, 1.54) is 25.9 Å². The van der Waals surface area contributed by atoms with Crippen LogP contribution in [0.2, 0.25) is 0 Å². The first-order valence-corrected chi connectivity index (χ1v) is 11.7. The van der Waals surface area contributed by atoms with Gasteiger partial charge < -0.3 is 9.80 Å². The third kappa shape index (κ3) is 4.14. The number of hydrogen-bond acceptors (Lipinski definition) is 5. The summed E-state index contributed by atoms with van der Waals surface area (Å²) in [5.74, 6) is 0.0878. The van der Waals surface area contributed by atoms with Gasteiger partial charge in [0, 0.05) is 51.9 Å². The van der Waals surface area contributed by atoms with Gasteiger partial charge in [0.05, 0.1) is 22.3 Å². The molecular formula is C25H32N6O. The number of aromatic nitrogens is 3. The number of nitrogens with zero attached hydrogens (tertiary/aromatic N) is 6. The molecule has 2 aliphatic rings. The second-order valence-electron chi connectivity index (χ2n) is 9.01. The van der Waals surface area contributed by atoms with E-state index in [0.29, 0.717) is 5.56 Å². The summed E-state index contributed by atoms with van der Waals surface area (Å²) in [5.41, 5.74) is 4.14. The van der Waals surface area contributed by atoms with Crippen LogP contribution in [0.1, 0.15) is 28.9 Å². The second kappa shape index (κ2) is 9.00. The molecular weight excluding hydrogens is 400 g/mol. The predicted molar refractivity (Wildman–Crippen MR) is 127 cm³/mol. The van der Waals surface area contributed by atoms with E-state index in [1.54, 1.807) is 4.68 Å². The molecule has 0 bridgehead atoms. The molecule has 0 atom stereocenters. The number of carbonyl (C=O) groups is 1. The Morgan fingerprint density at radius 1 is 0.938 bits per heavy atom. The lowest BCUT2D eigenvalue weighted by Gasteiger charge is -2.35. The molecule has 4 heterocycles. The normalized spacial score (nSPS) is 18.0. The summed E-state index contributed by atoms with van der Waals surface area (Å²) >= 11 is 0. The van der Waals surface area contributed by atoms with Crippen molar-refractivity contribution in [1.82, 2.24) is 29.5 Å². The fraction of sp³-hybridized carbons (Fsp3) is 0.480. The molecule has 1 amide bonds. The third-order valence-corrected chi connectivity index (χ3v) is 6.86. The number of piperazine rings is 1. The summed E-state index contributed by atoms with van der Waals surface area (Å²) in [6.07, 6.45) is 2.67. The Bertz CT molecular complexity index is 1090. The summed E-state index contributed by atoms with van der Waals surface area (Å²) in [4.78, 5) is 25.6. The first-order valence-electron chi connectivity index (χ1n) is 11.7. The number of benzene rings is 1. The van der Waals surface area contributed by atoms with Crippen LogP contribution >= 0.6 is 0 Å². The molecule has 32 heavy (non-hydrogen) atoms. The van der Waals surface area contributed by atoms with Gasteiger partial charge in [0.2, 0.25) is 0 Å². The van der Waals surface area contributed by atoms with E-state index in [0.717, 1.165) is 67.3 Å². The maximum Gasteiger partial charge on any atom is 0.254 e. The van der Waals surface area contributed by atoms with E-state index in [-0.39, 0.29) is 5.91 Å². The van der Waals surface area contributed by atoms with Crippen molar-refractivity contribution in [1.29, 1.82) is 0 Å². The molecule has 2 fully saturated rings. The van der Waals surface area contributed by atoms with Crippen molar-refractivity contribution in [3.63, 3.8) is 0 Å². The number of pyridine rings is 1. The molecule has 3 aromatic rings. The Morgan fingerprint density at radius 3 is 2.28 bits per heavy atom. The average Bonchev–Trinajstić information content (AvgIpc) is 3.45. The van der Waals surface area contributed by atoms with Crippen molar-refractivity contribution in [2.45, 2.75) is 19.8 Å². The fourth-order valence-electron chi connectivity index (χ4n) is 5.00. The van der Waals surface area contributed by atoms with Gasteiger partial charge in [-0.1, -0.05) is 30.3 Å². The van der Waals surface area contributed by atoms with Gasteiger partial charge >= 0.3 is 0 Å². The van der Waals surface area contributed by atoms with E-state index >= 15 is 0 Å². The Balaban J connectivity index is 1.36. The lowest BCUT2D eigenvalue weighted by atomic mass is 10.0. The molecule has 1 aromatic carbocycles. The minimum absolute atomic E-state index is 0.0878. The molecule has 7 heteroatoms. The van der Waals surface area contributed by atoms with E-state index in [4.69, 9.17) is 4.98 Å². The third-order valence-electron chi connectivity index (χ3n) is 6.86. The highest BCUT2D eigenvalue weighted by molar-refractivity contribution is 6.07. The van der Waals surface area contributed by atoms with Crippen molar-refractivity contribution in [3.8, 4) is 11.3 Å².